The van der Waals surface area contributed by atoms with Crippen molar-refractivity contribution >= 4 is 34.5 Å². The van der Waals surface area contributed by atoms with Crippen LogP contribution in [-0.4, -0.2) is 27.5 Å². The van der Waals surface area contributed by atoms with E-state index in [1.165, 1.54) is 19.1 Å². The number of nitrogens with one attached hydrogen (secondary N) is 2. The number of ether oxygens (including phenoxy) is 1. The number of ketones is 1. The minimum absolute atomic E-state index is 0.0351. The van der Waals surface area contributed by atoms with Crippen molar-refractivity contribution in [3.8, 4) is 11.5 Å². The Kier molecular flexibility index (Phi) is 5.79. The molecule has 2 aromatic rings. The molecule has 8 nitrogen and oxygen atoms in total. The second-order valence-electron chi connectivity index (χ2n) is 6.32. The van der Waals surface area contributed by atoms with E-state index in [-0.39, 0.29) is 23.3 Å². The molecule has 0 saturated heterocycles. The number of hydrogen-bond acceptors (Lipinski definition) is 6. The SMILES string of the molecule is CCOc1cc([C@H]2NC(=S)NC(c3ccccc3)=C2C(C)=O)cc([N+](=O)[O-])c1O. The summed E-state index contributed by atoms with van der Waals surface area (Å²) >= 11 is 5.31. The Morgan fingerprint density at radius 3 is 2.59 bits per heavy atom. The van der Waals surface area contributed by atoms with Crippen LogP contribution in [-0.2, 0) is 4.79 Å². The Balaban J connectivity index is 2.24. The predicted octanol–water partition coefficient (Wildman–Crippen LogP) is 3.22. The van der Waals surface area contributed by atoms with E-state index >= 15 is 0 Å². The number of nitrogens with zero attached hydrogens (tertiary/aromatic N) is 1. The minimum atomic E-state index is -0.755. The third-order valence-electron chi connectivity index (χ3n) is 4.42. The second kappa shape index (κ2) is 8.27. The van der Waals surface area contributed by atoms with E-state index in [4.69, 9.17) is 17.0 Å². The van der Waals surface area contributed by atoms with E-state index in [0.717, 1.165) is 5.56 Å². The van der Waals surface area contributed by atoms with Crippen LogP contribution >= 0.6 is 12.2 Å². The summed E-state index contributed by atoms with van der Waals surface area (Å²) in [6.07, 6.45) is 0. The molecule has 0 amide bonds. The zero-order valence-electron chi connectivity index (χ0n) is 15.8. The topological polar surface area (TPSA) is 114 Å². The number of phenols is 1. The lowest BCUT2D eigenvalue weighted by Crippen LogP contribution is -2.44. The maximum Gasteiger partial charge on any atom is 0.315 e. The summed E-state index contributed by atoms with van der Waals surface area (Å²) in [5.74, 6) is -0.828. The molecule has 0 bridgehead atoms. The van der Waals surface area contributed by atoms with E-state index in [0.29, 0.717) is 16.8 Å². The van der Waals surface area contributed by atoms with Gasteiger partial charge in [0.1, 0.15) is 0 Å². The molecule has 29 heavy (non-hydrogen) atoms. The van der Waals surface area contributed by atoms with Crippen LogP contribution in [0.5, 0.6) is 11.5 Å². The number of nitro benzene ring substituents is 1. The predicted molar refractivity (Wildman–Crippen MR) is 112 cm³/mol. The van der Waals surface area contributed by atoms with Gasteiger partial charge in [-0.2, -0.15) is 0 Å². The monoisotopic (exact) mass is 413 g/mol. The van der Waals surface area contributed by atoms with Gasteiger partial charge in [0.15, 0.2) is 16.6 Å². The number of thiocarbonyl (C=S) groups is 1. The summed E-state index contributed by atoms with van der Waals surface area (Å²) in [6.45, 7) is 3.32. The van der Waals surface area contributed by atoms with Gasteiger partial charge in [0.25, 0.3) is 0 Å². The fourth-order valence-corrected chi connectivity index (χ4v) is 3.43. The first-order chi connectivity index (χ1) is 13.8. The van der Waals surface area contributed by atoms with Crippen LogP contribution < -0.4 is 15.4 Å². The number of hydrogen-bond donors (Lipinski definition) is 3. The number of phenolic OH excluding ortho intramolecular Hbond substituents is 1. The molecule has 1 heterocycles. The molecule has 0 aromatic heterocycles. The van der Waals surface area contributed by atoms with Gasteiger partial charge in [-0.05, 0) is 43.3 Å². The molecule has 0 saturated carbocycles. The Morgan fingerprint density at radius 1 is 1.31 bits per heavy atom. The number of carbonyl (C=O) groups is 1. The molecule has 3 N–H and O–H groups in total. The van der Waals surface area contributed by atoms with Crippen molar-refractivity contribution in [2.45, 2.75) is 19.9 Å². The lowest BCUT2D eigenvalue weighted by molar-refractivity contribution is -0.386. The summed E-state index contributed by atoms with van der Waals surface area (Å²) in [5, 5.41) is 27.9. The Bertz CT molecular complexity index is 1020. The van der Waals surface area contributed by atoms with E-state index in [9.17, 15) is 20.0 Å². The zero-order chi connectivity index (χ0) is 21.1. The number of nitro groups is 1. The van der Waals surface area contributed by atoms with E-state index < -0.39 is 22.4 Å². The molecular formula is C20H19N3O5S. The van der Waals surface area contributed by atoms with Gasteiger partial charge in [0, 0.05) is 11.6 Å². The third-order valence-corrected chi connectivity index (χ3v) is 4.64. The van der Waals surface area contributed by atoms with Crippen LogP contribution in [0.4, 0.5) is 5.69 Å². The van der Waals surface area contributed by atoms with E-state index in [1.807, 2.05) is 30.3 Å². The van der Waals surface area contributed by atoms with Gasteiger partial charge in [-0.15, -0.1) is 0 Å². The summed E-state index contributed by atoms with van der Waals surface area (Å²) in [4.78, 5) is 23.3. The molecule has 150 valence electrons. The van der Waals surface area contributed by atoms with Crippen molar-refractivity contribution < 1.29 is 19.6 Å². The summed E-state index contributed by atoms with van der Waals surface area (Å²) < 4.78 is 5.36. The Hall–Kier alpha value is -3.46. The molecule has 0 unspecified atom stereocenters. The van der Waals surface area contributed by atoms with Crippen molar-refractivity contribution in [1.82, 2.24) is 10.6 Å². The number of benzene rings is 2. The summed E-state index contributed by atoms with van der Waals surface area (Å²) in [7, 11) is 0. The standard InChI is InChI=1S/C20H19N3O5S/c1-3-28-15-10-13(9-14(19(15)25)23(26)27)18-16(11(2)24)17(21-20(29)22-18)12-7-5-4-6-8-12/h4-10,18,25H,3H2,1-2H3,(H2,21,22,29)/t18-/m1/s1. The second-order valence-corrected chi connectivity index (χ2v) is 6.73. The third kappa shape index (κ3) is 4.04. The molecule has 2 aromatic carbocycles. The van der Waals surface area contributed by atoms with Gasteiger partial charge in [0.2, 0.25) is 5.75 Å². The average molecular weight is 413 g/mol. The first kappa shape index (κ1) is 20.3. The highest BCUT2D eigenvalue weighted by Gasteiger charge is 2.33. The Morgan fingerprint density at radius 2 is 2.00 bits per heavy atom. The van der Waals surface area contributed by atoms with Crippen LogP contribution in [0.3, 0.4) is 0 Å². The van der Waals surface area contributed by atoms with E-state index in [2.05, 4.69) is 10.6 Å². The zero-order valence-corrected chi connectivity index (χ0v) is 16.6. The van der Waals surface area contributed by atoms with Crippen molar-refractivity contribution in [1.29, 1.82) is 0 Å². The fraction of sp³-hybridized carbons (Fsp3) is 0.200. The summed E-state index contributed by atoms with van der Waals surface area (Å²) in [5.41, 5.74) is 1.51. The highest BCUT2D eigenvalue weighted by molar-refractivity contribution is 7.80. The fourth-order valence-electron chi connectivity index (χ4n) is 3.21. The normalized spacial score (nSPS) is 16.1. The maximum atomic E-state index is 12.6. The van der Waals surface area contributed by atoms with Crippen molar-refractivity contribution in [3.63, 3.8) is 0 Å². The van der Waals surface area contributed by atoms with Gasteiger partial charge in [-0.25, -0.2) is 0 Å². The molecule has 3 rings (SSSR count). The molecule has 0 spiro atoms. The number of aromatic hydroxyl groups is 1. The van der Waals surface area contributed by atoms with Gasteiger partial charge >= 0.3 is 5.69 Å². The summed E-state index contributed by atoms with van der Waals surface area (Å²) in [6, 6.07) is 11.1. The van der Waals surface area contributed by atoms with Gasteiger partial charge in [0.05, 0.1) is 23.3 Å². The number of carbonyl (C=O) groups excluding carboxylic acids is 1. The van der Waals surface area contributed by atoms with Crippen LogP contribution in [0.1, 0.15) is 31.0 Å². The smallest absolute Gasteiger partial charge is 0.315 e. The molecular weight excluding hydrogens is 394 g/mol. The lowest BCUT2D eigenvalue weighted by Gasteiger charge is -2.31. The van der Waals surface area contributed by atoms with Crippen LogP contribution in [0.15, 0.2) is 48.0 Å². The molecule has 1 aliphatic rings. The first-order valence-corrected chi connectivity index (χ1v) is 9.26. The van der Waals surface area contributed by atoms with Crippen molar-refractivity contribution in [3.05, 3.63) is 69.3 Å². The molecule has 0 radical (unpaired) electrons. The molecule has 9 heteroatoms. The van der Waals surface area contributed by atoms with Crippen LogP contribution in [0, 0.1) is 10.1 Å². The number of Topliss-reactive ketones (excluding diaryl/α,β-unsaturated/α-hetero) is 1. The molecule has 0 aliphatic carbocycles. The molecule has 1 atom stereocenters. The van der Waals surface area contributed by atoms with Crippen LogP contribution in [0.25, 0.3) is 5.70 Å². The number of rotatable bonds is 6. The highest BCUT2D eigenvalue weighted by Crippen LogP contribution is 2.41. The van der Waals surface area contributed by atoms with Crippen LogP contribution in [0.2, 0.25) is 0 Å². The quantitative estimate of drug-likeness (QED) is 0.376. The van der Waals surface area contributed by atoms with Gasteiger partial charge in [-0.3, -0.25) is 14.9 Å². The first-order valence-electron chi connectivity index (χ1n) is 8.85. The average Bonchev–Trinajstić information content (AvgIpc) is 2.69. The van der Waals surface area contributed by atoms with Crippen molar-refractivity contribution in [2.24, 2.45) is 0 Å². The van der Waals surface area contributed by atoms with E-state index in [1.54, 1.807) is 6.92 Å². The molecule has 0 fully saturated rings. The highest BCUT2D eigenvalue weighted by atomic mass is 32.1. The Labute approximate surface area is 172 Å². The largest absolute Gasteiger partial charge is 0.500 e. The lowest BCUT2D eigenvalue weighted by atomic mass is 9.90. The molecule has 1 aliphatic heterocycles. The maximum absolute atomic E-state index is 12.6. The van der Waals surface area contributed by atoms with Gasteiger partial charge < -0.3 is 20.5 Å². The van der Waals surface area contributed by atoms with Crippen molar-refractivity contribution in [2.75, 3.05) is 6.61 Å². The minimum Gasteiger partial charge on any atom is -0.500 e. The van der Waals surface area contributed by atoms with Gasteiger partial charge in [-0.1, -0.05) is 30.3 Å².